The molecule has 2 aromatic rings. The average molecular weight is 280 g/mol. The van der Waals surface area contributed by atoms with E-state index in [0.29, 0.717) is 0 Å². The molecule has 0 spiro atoms. The third kappa shape index (κ3) is 2.83. The van der Waals surface area contributed by atoms with E-state index in [1.165, 1.54) is 16.7 Å². The summed E-state index contributed by atoms with van der Waals surface area (Å²) in [5.41, 5.74) is 4.70. The lowest BCUT2D eigenvalue weighted by Crippen LogP contribution is -2.48. The Balaban J connectivity index is 1.75. The average Bonchev–Trinajstić information content (AvgIpc) is 2.54. The summed E-state index contributed by atoms with van der Waals surface area (Å²) in [7, 11) is 1.84. The van der Waals surface area contributed by atoms with Crippen LogP contribution in [0.5, 0.6) is 0 Å². The summed E-state index contributed by atoms with van der Waals surface area (Å²) in [5.74, 6) is 0.119. The molecule has 0 aliphatic carbocycles. The van der Waals surface area contributed by atoms with E-state index in [2.05, 4.69) is 17.4 Å². The van der Waals surface area contributed by atoms with Gasteiger partial charge in [0.25, 0.3) is 0 Å². The normalized spacial score (nSPS) is 17.1. The molecule has 1 atom stereocenters. The van der Waals surface area contributed by atoms with Crippen molar-refractivity contribution >= 4 is 11.6 Å². The van der Waals surface area contributed by atoms with Gasteiger partial charge in [-0.2, -0.15) is 0 Å². The number of hydrogen-bond donors (Lipinski definition) is 1. The van der Waals surface area contributed by atoms with Gasteiger partial charge in [-0.1, -0.05) is 42.0 Å². The molecule has 1 amide bonds. The number of carbonyl (C=O) groups excluding carboxylic acids is 1. The van der Waals surface area contributed by atoms with E-state index in [9.17, 15) is 4.79 Å². The fraction of sp³-hybridized carbons (Fsp3) is 0.278. The summed E-state index contributed by atoms with van der Waals surface area (Å²) in [5, 5.41) is 3.35. The molecule has 0 radical (unpaired) electrons. The molecule has 108 valence electrons. The van der Waals surface area contributed by atoms with Crippen LogP contribution in [0.15, 0.2) is 48.5 Å². The topological polar surface area (TPSA) is 32.3 Å². The van der Waals surface area contributed by atoms with Crippen LogP contribution in [0.1, 0.15) is 16.7 Å². The fourth-order valence-corrected chi connectivity index (χ4v) is 2.76. The van der Waals surface area contributed by atoms with Gasteiger partial charge in [-0.05, 0) is 36.6 Å². The summed E-state index contributed by atoms with van der Waals surface area (Å²) in [4.78, 5) is 14.4. The van der Waals surface area contributed by atoms with Crippen LogP contribution in [0, 0.1) is 6.92 Å². The Morgan fingerprint density at radius 1 is 1.10 bits per heavy atom. The monoisotopic (exact) mass is 280 g/mol. The van der Waals surface area contributed by atoms with Gasteiger partial charge < -0.3 is 10.2 Å². The molecule has 3 nitrogen and oxygen atoms in total. The summed E-state index contributed by atoms with van der Waals surface area (Å²) in [6.45, 7) is 2.81. The number of hydrogen-bond acceptors (Lipinski definition) is 2. The van der Waals surface area contributed by atoms with Crippen molar-refractivity contribution in [3.8, 4) is 0 Å². The second kappa shape index (κ2) is 5.70. The van der Waals surface area contributed by atoms with E-state index in [4.69, 9.17) is 0 Å². The van der Waals surface area contributed by atoms with Crippen LogP contribution in [-0.4, -0.2) is 19.0 Å². The number of amides is 1. The Labute approximate surface area is 125 Å². The maximum atomic E-state index is 12.7. The highest BCUT2D eigenvalue weighted by molar-refractivity contribution is 5.97. The summed E-state index contributed by atoms with van der Waals surface area (Å²) in [6, 6.07) is 16.2. The molecule has 0 bridgehead atoms. The van der Waals surface area contributed by atoms with Gasteiger partial charge in [0, 0.05) is 19.3 Å². The summed E-state index contributed by atoms with van der Waals surface area (Å²) >= 11 is 0. The van der Waals surface area contributed by atoms with Gasteiger partial charge in [-0.3, -0.25) is 4.79 Å². The first-order chi connectivity index (χ1) is 10.1. The van der Waals surface area contributed by atoms with E-state index in [1.54, 1.807) is 4.90 Å². The van der Waals surface area contributed by atoms with Crippen molar-refractivity contribution in [1.82, 2.24) is 5.32 Å². The van der Waals surface area contributed by atoms with E-state index < -0.39 is 0 Å². The Morgan fingerprint density at radius 2 is 1.76 bits per heavy atom. The SMILES string of the molecule is Cc1ccc(N(C)C(=O)[C@H]2Cc3ccccc3CN2)cc1. The van der Waals surface area contributed by atoms with E-state index >= 15 is 0 Å². The van der Waals surface area contributed by atoms with Crippen LogP contribution >= 0.6 is 0 Å². The minimum atomic E-state index is -0.147. The van der Waals surface area contributed by atoms with Crippen molar-refractivity contribution < 1.29 is 4.79 Å². The van der Waals surface area contributed by atoms with Crippen LogP contribution in [0.25, 0.3) is 0 Å². The third-order valence-corrected chi connectivity index (χ3v) is 4.13. The maximum absolute atomic E-state index is 12.7. The van der Waals surface area contributed by atoms with Gasteiger partial charge in [-0.25, -0.2) is 0 Å². The molecule has 2 aromatic carbocycles. The van der Waals surface area contributed by atoms with Gasteiger partial charge in [0.15, 0.2) is 0 Å². The van der Waals surface area contributed by atoms with Crippen LogP contribution in [0.4, 0.5) is 5.69 Å². The number of likely N-dealkylation sites (N-methyl/N-ethyl adjacent to an activating group) is 1. The zero-order chi connectivity index (χ0) is 14.8. The van der Waals surface area contributed by atoms with Crippen molar-refractivity contribution in [3.05, 3.63) is 65.2 Å². The molecular formula is C18H20N2O. The Morgan fingerprint density at radius 3 is 2.48 bits per heavy atom. The molecule has 0 saturated heterocycles. The lowest BCUT2D eigenvalue weighted by molar-refractivity contribution is -0.120. The van der Waals surface area contributed by atoms with Gasteiger partial charge in [0.1, 0.15) is 0 Å². The largest absolute Gasteiger partial charge is 0.314 e. The first kappa shape index (κ1) is 13.8. The van der Waals surface area contributed by atoms with Crippen LogP contribution < -0.4 is 10.2 Å². The first-order valence-corrected chi connectivity index (χ1v) is 7.29. The fourth-order valence-electron chi connectivity index (χ4n) is 2.76. The van der Waals surface area contributed by atoms with Crippen molar-refractivity contribution in [2.24, 2.45) is 0 Å². The standard InChI is InChI=1S/C18H20N2O/c1-13-7-9-16(10-8-13)20(2)18(21)17-11-14-5-3-4-6-15(14)12-19-17/h3-10,17,19H,11-12H2,1-2H3/t17-/m1/s1. The zero-order valence-corrected chi connectivity index (χ0v) is 12.5. The smallest absolute Gasteiger partial charge is 0.244 e. The predicted octanol–water partition coefficient (Wildman–Crippen LogP) is 2.67. The van der Waals surface area contributed by atoms with E-state index in [-0.39, 0.29) is 11.9 Å². The number of carbonyl (C=O) groups is 1. The highest BCUT2D eigenvalue weighted by atomic mass is 16.2. The molecule has 3 heteroatoms. The minimum Gasteiger partial charge on any atom is -0.314 e. The molecule has 0 saturated carbocycles. The van der Waals surface area contributed by atoms with E-state index in [1.807, 2.05) is 50.4 Å². The number of anilines is 1. The van der Waals surface area contributed by atoms with Crippen molar-refractivity contribution in [3.63, 3.8) is 0 Å². The predicted molar refractivity (Wildman–Crippen MR) is 85.4 cm³/mol. The Hall–Kier alpha value is -2.13. The van der Waals surface area contributed by atoms with Crippen molar-refractivity contribution in [1.29, 1.82) is 0 Å². The highest BCUT2D eigenvalue weighted by Gasteiger charge is 2.26. The molecule has 1 aliphatic rings. The molecular weight excluding hydrogens is 260 g/mol. The van der Waals surface area contributed by atoms with Crippen molar-refractivity contribution in [2.45, 2.75) is 25.9 Å². The zero-order valence-electron chi connectivity index (χ0n) is 12.5. The molecule has 0 aromatic heterocycles. The summed E-state index contributed by atoms with van der Waals surface area (Å²) < 4.78 is 0. The Kier molecular flexibility index (Phi) is 3.76. The molecule has 21 heavy (non-hydrogen) atoms. The number of rotatable bonds is 2. The molecule has 0 fully saturated rings. The number of nitrogens with zero attached hydrogens (tertiary/aromatic N) is 1. The quantitative estimate of drug-likeness (QED) is 0.917. The Bertz CT molecular complexity index is 649. The van der Waals surface area contributed by atoms with Crippen LogP contribution in [0.3, 0.4) is 0 Å². The van der Waals surface area contributed by atoms with E-state index in [0.717, 1.165) is 18.7 Å². The lowest BCUT2D eigenvalue weighted by Gasteiger charge is -2.29. The number of aryl methyl sites for hydroxylation is 1. The number of nitrogens with one attached hydrogen (secondary N) is 1. The number of fused-ring (bicyclic) bond motifs is 1. The van der Waals surface area contributed by atoms with Gasteiger partial charge >= 0.3 is 0 Å². The second-order valence-electron chi connectivity index (χ2n) is 5.64. The van der Waals surface area contributed by atoms with Crippen LogP contribution in [-0.2, 0) is 17.8 Å². The summed E-state index contributed by atoms with van der Waals surface area (Å²) in [6.07, 6.45) is 0.755. The lowest BCUT2D eigenvalue weighted by atomic mass is 9.95. The maximum Gasteiger partial charge on any atom is 0.244 e. The van der Waals surface area contributed by atoms with Gasteiger partial charge in [0.05, 0.1) is 6.04 Å². The molecule has 1 aliphatic heterocycles. The number of benzene rings is 2. The molecule has 1 heterocycles. The molecule has 3 rings (SSSR count). The van der Waals surface area contributed by atoms with Gasteiger partial charge in [0.2, 0.25) is 5.91 Å². The molecule has 1 N–H and O–H groups in total. The molecule has 0 unspecified atom stereocenters. The van der Waals surface area contributed by atoms with Crippen molar-refractivity contribution in [2.75, 3.05) is 11.9 Å². The third-order valence-electron chi connectivity index (χ3n) is 4.13. The first-order valence-electron chi connectivity index (χ1n) is 7.29. The minimum absolute atomic E-state index is 0.119. The van der Waals surface area contributed by atoms with Crippen LogP contribution in [0.2, 0.25) is 0 Å². The highest BCUT2D eigenvalue weighted by Crippen LogP contribution is 2.20. The van der Waals surface area contributed by atoms with Gasteiger partial charge in [-0.15, -0.1) is 0 Å². The second-order valence-corrected chi connectivity index (χ2v) is 5.64.